The van der Waals surface area contributed by atoms with E-state index in [0.717, 1.165) is 16.5 Å². The van der Waals surface area contributed by atoms with Crippen molar-refractivity contribution in [2.75, 3.05) is 13.1 Å². The van der Waals surface area contributed by atoms with Gasteiger partial charge in [0.05, 0.1) is 11.7 Å². The first-order chi connectivity index (χ1) is 13.0. The van der Waals surface area contributed by atoms with Crippen molar-refractivity contribution in [3.63, 3.8) is 0 Å². The molecule has 6 nitrogen and oxygen atoms in total. The van der Waals surface area contributed by atoms with Crippen molar-refractivity contribution < 1.29 is 9.90 Å². The van der Waals surface area contributed by atoms with Crippen LogP contribution in [0, 0.1) is 12.8 Å². The van der Waals surface area contributed by atoms with Crippen LogP contribution in [0.25, 0.3) is 10.9 Å². The summed E-state index contributed by atoms with van der Waals surface area (Å²) in [5, 5.41) is 11.2. The Morgan fingerprint density at radius 1 is 1.22 bits per heavy atom. The van der Waals surface area contributed by atoms with Crippen LogP contribution in [-0.2, 0) is 6.42 Å². The minimum Gasteiger partial charge on any atom is -0.391 e. The van der Waals surface area contributed by atoms with E-state index in [1.165, 1.54) is 6.07 Å². The van der Waals surface area contributed by atoms with Gasteiger partial charge in [-0.1, -0.05) is 11.6 Å². The third-order valence-electron chi connectivity index (χ3n) is 5.17. The third kappa shape index (κ3) is 3.48. The molecule has 2 N–H and O–H groups in total. The molecule has 0 aliphatic carbocycles. The highest BCUT2D eigenvalue weighted by Gasteiger charge is 2.35. The van der Waals surface area contributed by atoms with Crippen molar-refractivity contribution >= 4 is 16.8 Å². The summed E-state index contributed by atoms with van der Waals surface area (Å²) >= 11 is 0. The first kappa shape index (κ1) is 17.4. The van der Waals surface area contributed by atoms with Gasteiger partial charge in [0.15, 0.2) is 0 Å². The highest BCUT2D eigenvalue weighted by molar-refractivity contribution is 6.06. The number of carbonyl (C=O) groups excluding carboxylic acids is 1. The normalized spacial score (nSPS) is 19.6. The largest absolute Gasteiger partial charge is 0.391 e. The molecule has 0 radical (unpaired) electrons. The number of aliphatic hydroxyl groups is 1. The van der Waals surface area contributed by atoms with Crippen molar-refractivity contribution in [1.29, 1.82) is 0 Å². The number of aryl methyl sites for hydroxylation is 1. The highest BCUT2D eigenvalue weighted by atomic mass is 16.3. The molecular weight excluding hydrogens is 342 g/mol. The molecule has 1 aromatic carbocycles. The van der Waals surface area contributed by atoms with Gasteiger partial charge >= 0.3 is 0 Å². The summed E-state index contributed by atoms with van der Waals surface area (Å²) < 4.78 is 0. The Balaban J connectivity index is 1.61. The van der Waals surface area contributed by atoms with Crippen LogP contribution in [0.2, 0.25) is 0 Å². The first-order valence-electron chi connectivity index (χ1n) is 9.01. The summed E-state index contributed by atoms with van der Waals surface area (Å²) in [7, 11) is 0. The molecule has 4 rings (SSSR count). The van der Waals surface area contributed by atoms with Crippen LogP contribution in [-0.4, -0.2) is 45.1 Å². The molecule has 0 unspecified atom stereocenters. The minimum absolute atomic E-state index is 0.0358. The number of amides is 1. The Morgan fingerprint density at radius 2 is 2.00 bits per heavy atom. The van der Waals surface area contributed by atoms with Gasteiger partial charge in [-0.05, 0) is 43.2 Å². The standard InChI is InChI=1S/C21H21N3O3/c1-13-2-3-18-16(8-13)17(10-20(26)23-18)21(27)24-11-15(19(25)12-24)9-14-4-6-22-7-5-14/h2-8,10,15,19,25H,9,11-12H2,1H3,(H,23,26)/t15-,19+/m1/s1. The Kier molecular flexibility index (Phi) is 4.49. The monoisotopic (exact) mass is 363 g/mol. The van der Waals surface area contributed by atoms with Gasteiger partial charge in [-0.15, -0.1) is 0 Å². The number of nitrogens with zero attached hydrogens (tertiary/aromatic N) is 2. The number of hydrogen-bond acceptors (Lipinski definition) is 4. The SMILES string of the molecule is Cc1ccc2[nH]c(=O)cc(C(=O)N3C[C@@H](Cc4ccncc4)[C@@H](O)C3)c2c1. The Morgan fingerprint density at radius 3 is 2.78 bits per heavy atom. The lowest BCUT2D eigenvalue weighted by molar-refractivity contribution is 0.0766. The fourth-order valence-electron chi connectivity index (χ4n) is 3.76. The lowest BCUT2D eigenvalue weighted by atomic mass is 9.97. The van der Waals surface area contributed by atoms with Gasteiger partial charge in [-0.3, -0.25) is 14.6 Å². The zero-order valence-electron chi connectivity index (χ0n) is 15.1. The van der Waals surface area contributed by atoms with Crippen LogP contribution in [0.4, 0.5) is 0 Å². The van der Waals surface area contributed by atoms with Crippen LogP contribution in [0.5, 0.6) is 0 Å². The summed E-state index contributed by atoms with van der Waals surface area (Å²) in [4.78, 5) is 33.5. The Hall–Kier alpha value is -2.99. The molecule has 1 aliphatic heterocycles. The number of pyridine rings is 2. The zero-order chi connectivity index (χ0) is 19.0. The fraction of sp³-hybridized carbons (Fsp3) is 0.286. The number of aromatic amines is 1. The van der Waals surface area contributed by atoms with Crippen molar-refractivity contribution in [2.45, 2.75) is 19.4 Å². The second kappa shape index (κ2) is 6.96. The fourth-order valence-corrected chi connectivity index (χ4v) is 3.76. The summed E-state index contributed by atoms with van der Waals surface area (Å²) in [6.45, 7) is 2.68. The van der Waals surface area contributed by atoms with E-state index in [2.05, 4.69) is 9.97 Å². The number of fused-ring (bicyclic) bond motifs is 1. The van der Waals surface area contributed by atoms with Gasteiger partial charge in [-0.2, -0.15) is 0 Å². The summed E-state index contributed by atoms with van der Waals surface area (Å²) in [6.07, 6.45) is 3.55. The molecule has 1 aliphatic rings. The quantitative estimate of drug-likeness (QED) is 0.744. The smallest absolute Gasteiger partial charge is 0.254 e. The number of aromatic nitrogens is 2. The molecule has 1 fully saturated rings. The number of H-pyrrole nitrogens is 1. The lowest BCUT2D eigenvalue weighted by Gasteiger charge is -2.17. The average molecular weight is 363 g/mol. The van der Waals surface area contributed by atoms with E-state index in [0.29, 0.717) is 24.0 Å². The van der Waals surface area contributed by atoms with Crippen LogP contribution < -0.4 is 5.56 Å². The van der Waals surface area contributed by atoms with Gasteiger partial charge in [0.2, 0.25) is 5.56 Å². The highest BCUT2D eigenvalue weighted by Crippen LogP contribution is 2.25. The molecule has 2 aromatic heterocycles. The molecule has 3 aromatic rings. The van der Waals surface area contributed by atoms with Gasteiger partial charge < -0.3 is 15.0 Å². The predicted molar refractivity (Wildman–Crippen MR) is 103 cm³/mol. The van der Waals surface area contributed by atoms with E-state index in [1.807, 2.05) is 37.3 Å². The topological polar surface area (TPSA) is 86.3 Å². The molecule has 0 bridgehead atoms. The van der Waals surface area contributed by atoms with Gasteiger partial charge in [-0.25, -0.2) is 0 Å². The number of nitrogens with one attached hydrogen (secondary N) is 1. The van der Waals surface area contributed by atoms with Crippen molar-refractivity contribution in [1.82, 2.24) is 14.9 Å². The second-order valence-electron chi connectivity index (χ2n) is 7.19. The minimum atomic E-state index is -0.586. The van der Waals surface area contributed by atoms with E-state index >= 15 is 0 Å². The van der Waals surface area contributed by atoms with Crippen molar-refractivity contribution in [3.8, 4) is 0 Å². The zero-order valence-corrected chi connectivity index (χ0v) is 15.1. The van der Waals surface area contributed by atoms with Crippen LogP contribution in [0.3, 0.4) is 0 Å². The maximum atomic E-state index is 13.1. The van der Waals surface area contributed by atoms with Crippen molar-refractivity contribution in [3.05, 3.63) is 75.8 Å². The van der Waals surface area contributed by atoms with E-state index in [1.54, 1.807) is 17.3 Å². The maximum Gasteiger partial charge on any atom is 0.254 e. The number of hydrogen-bond donors (Lipinski definition) is 2. The van der Waals surface area contributed by atoms with E-state index in [-0.39, 0.29) is 23.9 Å². The molecule has 0 saturated carbocycles. The molecule has 0 spiro atoms. The van der Waals surface area contributed by atoms with Crippen LogP contribution in [0.1, 0.15) is 21.5 Å². The molecule has 1 amide bonds. The molecular formula is C21H21N3O3. The number of likely N-dealkylation sites (tertiary alicyclic amines) is 1. The summed E-state index contributed by atoms with van der Waals surface area (Å²) in [5.41, 5.74) is 2.82. The maximum absolute atomic E-state index is 13.1. The molecule has 3 heterocycles. The molecule has 2 atom stereocenters. The number of benzene rings is 1. The second-order valence-corrected chi connectivity index (χ2v) is 7.19. The predicted octanol–water partition coefficient (Wildman–Crippen LogP) is 1.91. The molecule has 138 valence electrons. The van der Waals surface area contributed by atoms with E-state index < -0.39 is 6.10 Å². The Bertz CT molecular complexity index is 1050. The number of carbonyl (C=O) groups is 1. The van der Waals surface area contributed by atoms with E-state index in [4.69, 9.17) is 0 Å². The van der Waals surface area contributed by atoms with Gasteiger partial charge in [0.25, 0.3) is 5.91 Å². The van der Waals surface area contributed by atoms with Gasteiger partial charge in [0.1, 0.15) is 0 Å². The summed E-state index contributed by atoms with van der Waals surface area (Å²) in [5.74, 6) is -0.251. The summed E-state index contributed by atoms with van der Waals surface area (Å²) in [6, 6.07) is 10.8. The van der Waals surface area contributed by atoms with Crippen molar-refractivity contribution in [2.24, 2.45) is 5.92 Å². The number of rotatable bonds is 3. The first-order valence-corrected chi connectivity index (χ1v) is 9.01. The molecule has 27 heavy (non-hydrogen) atoms. The molecule has 6 heteroatoms. The average Bonchev–Trinajstić information content (AvgIpc) is 3.02. The number of β-amino-alcohol motifs (C(OH)–C–C–N with tert-alkyl or cyclic N) is 1. The van der Waals surface area contributed by atoms with Gasteiger partial charge in [0, 0.05) is 48.4 Å². The van der Waals surface area contributed by atoms with E-state index in [9.17, 15) is 14.7 Å². The van der Waals surface area contributed by atoms with Crippen LogP contribution >= 0.6 is 0 Å². The number of aliphatic hydroxyl groups excluding tert-OH is 1. The molecule has 1 saturated heterocycles. The Labute approximate surface area is 156 Å². The lowest BCUT2D eigenvalue weighted by Crippen LogP contribution is -2.30. The third-order valence-corrected chi connectivity index (χ3v) is 5.17. The van der Waals surface area contributed by atoms with Crippen LogP contribution in [0.15, 0.2) is 53.6 Å².